The second-order valence-electron chi connectivity index (χ2n) is 10.7. The summed E-state index contributed by atoms with van der Waals surface area (Å²) in [5.74, 6) is -1.83. The molecule has 0 aliphatic carbocycles. The van der Waals surface area contributed by atoms with E-state index in [4.69, 9.17) is 0 Å². The molecule has 4 nitrogen and oxygen atoms in total. The molecule has 2 aromatic carbocycles. The third-order valence-corrected chi connectivity index (χ3v) is 7.74. The Hall–Kier alpha value is -2.02. The first-order valence-electron chi connectivity index (χ1n) is 12.3. The monoisotopic (exact) mass is 506 g/mol. The minimum absolute atomic E-state index is 0. The summed E-state index contributed by atoms with van der Waals surface area (Å²) < 4.78 is 28.3. The van der Waals surface area contributed by atoms with Crippen molar-refractivity contribution in [1.29, 1.82) is 0 Å². The van der Waals surface area contributed by atoms with E-state index in [-0.39, 0.29) is 36.1 Å². The highest BCUT2D eigenvalue weighted by Crippen LogP contribution is 2.43. The van der Waals surface area contributed by atoms with Crippen molar-refractivity contribution < 1.29 is 18.7 Å². The molecule has 5 atom stereocenters. The number of halogens is 3. The molecule has 2 aliphatic heterocycles. The van der Waals surface area contributed by atoms with E-state index in [1.54, 1.807) is 0 Å². The number of aliphatic hydroxyl groups is 1. The summed E-state index contributed by atoms with van der Waals surface area (Å²) in [5.41, 5.74) is 0.266. The first-order valence-corrected chi connectivity index (χ1v) is 12.3. The van der Waals surface area contributed by atoms with Crippen molar-refractivity contribution in [3.8, 4) is 0 Å². The predicted molar refractivity (Wildman–Crippen MR) is 136 cm³/mol. The average Bonchev–Trinajstić information content (AvgIpc) is 3.19. The standard InChI is InChI=1S/C28H36F2N2O2.ClH/c1-18(2)13-31-16-24(23-11-10-22(29)12-26(23)30)25(17-31)27(33)32-14-19(3)28(34,20(4)15-32)21-8-6-5-7-9-21;/h5-12,18-20,24-25,34H,13-17H2,1-4H3;1H/t19-,20+,24-,25+,28?;/m0./s1. The molecule has 4 rings (SSSR count). The number of carbonyl (C=O) groups excluding carboxylic acids is 1. The zero-order chi connectivity index (χ0) is 24.6. The van der Waals surface area contributed by atoms with E-state index >= 15 is 0 Å². The van der Waals surface area contributed by atoms with Crippen LogP contribution < -0.4 is 0 Å². The summed E-state index contributed by atoms with van der Waals surface area (Å²) in [6.07, 6.45) is 0. The highest BCUT2D eigenvalue weighted by Gasteiger charge is 2.49. The fraction of sp³-hybridized carbons (Fsp3) is 0.536. The lowest BCUT2D eigenvalue weighted by Gasteiger charge is -2.48. The first-order chi connectivity index (χ1) is 16.1. The first kappa shape index (κ1) is 27.6. The van der Waals surface area contributed by atoms with Crippen LogP contribution in [0.15, 0.2) is 48.5 Å². The zero-order valence-corrected chi connectivity index (χ0v) is 21.8. The van der Waals surface area contributed by atoms with Gasteiger partial charge < -0.3 is 14.9 Å². The van der Waals surface area contributed by atoms with Gasteiger partial charge in [-0.05, 0) is 23.1 Å². The van der Waals surface area contributed by atoms with Crippen LogP contribution in [0.4, 0.5) is 8.78 Å². The number of likely N-dealkylation sites (tertiary alicyclic amines) is 2. The number of benzene rings is 2. The minimum Gasteiger partial charge on any atom is -0.384 e. The molecule has 0 aromatic heterocycles. The Kier molecular flexibility index (Phi) is 8.61. The van der Waals surface area contributed by atoms with Crippen LogP contribution in [0, 0.1) is 35.3 Å². The van der Waals surface area contributed by atoms with Crippen LogP contribution in [0.2, 0.25) is 0 Å². The number of hydrogen-bond acceptors (Lipinski definition) is 3. The maximum Gasteiger partial charge on any atom is 0.227 e. The Bertz CT molecular complexity index is 1010. The maximum atomic E-state index is 14.8. The fourth-order valence-corrected chi connectivity index (χ4v) is 6.11. The lowest BCUT2D eigenvalue weighted by molar-refractivity contribution is -0.152. The Balaban J connectivity index is 0.00000342. The lowest BCUT2D eigenvalue weighted by Crippen LogP contribution is -2.57. The molecule has 35 heavy (non-hydrogen) atoms. The Morgan fingerprint density at radius 1 is 1.03 bits per heavy atom. The number of nitrogens with zero attached hydrogens (tertiary/aromatic N) is 2. The molecule has 0 saturated carbocycles. The van der Waals surface area contributed by atoms with Gasteiger partial charge in [-0.15, -0.1) is 12.4 Å². The van der Waals surface area contributed by atoms with Gasteiger partial charge in [-0.3, -0.25) is 4.79 Å². The lowest BCUT2D eigenvalue weighted by atomic mass is 9.70. The summed E-state index contributed by atoms with van der Waals surface area (Å²) >= 11 is 0. The minimum atomic E-state index is -1.01. The molecule has 2 aromatic rings. The van der Waals surface area contributed by atoms with Crippen LogP contribution >= 0.6 is 12.4 Å². The van der Waals surface area contributed by atoms with Crippen molar-refractivity contribution in [3.05, 3.63) is 71.3 Å². The highest BCUT2D eigenvalue weighted by atomic mass is 35.5. The predicted octanol–water partition coefficient (Wildman–Crippen LogP) is 5.06. The molecule has 7 heteroatoms. The van der Waals surface area contributed by atoms with Crippen molar-refractivity contribution in [2.75, 3.05) is 32.7 Å². The molecule has 2 saturated heterocycles. The Labute approximate surface area is 213 Å². The molecule has 1 amide bonds. The number of carbonyl (C=O) groups is 1. The molecule has 192 valence electrons. The topological polar surface area (TPSA) is 43.8 Å². The van der Waals surface area contributed by atoms with Gasteiger partial charge in [0.1, 0.15) is 11.6 Å². The summed E-state index contributed by atoms with van der Waals surface area (Å²) in [6.45, 7) is 11.1. The van der Waals surface area contributed by atoms with E-state index < -0.39 is 23.2 Å². The van der Waals surface area contributed by atoms with E-state index in [1.807, 2.05) is 49.1 Å². The van der Waals surface area contributed by atoms with E-state index in [2.05, 4.69) is 18.7 Å². The van der Waals surface area contributed by atoms with Crippen LogP contribution in [0.25, 0.3) is 0 Å². The van der Waals surface area contributed by atoms with E-state index in [1.165, 1.54) is 12.1 Å². The van der Waals surface area contributed by atoms with Gasteiger partial charge in [-0.2, -0.15) is 0 Å². The quantitative estimate of drug-likeness (QED) is 0.616. The van der Waals surface area contributed by atoms with Gasteiger partial charge in [0.2, 0.25) is 5.91 Å². The molecule has 1 N–H and O–H groups in total. The van der Waals surface area contributed by atoms with E-state index in [0.29, 0.717) is 37.7 Å². The molecule has 0 bridgehead atoms. The molecule has 2 aliphatic rings. The molecule has 2 heterocycles. The van der Waals surface area contributed by atoms with E-state index in [0.717, 1.165) is 18.2 Å². The van der Waals surface area contributed by atoms with Crippen LogP contribution in [0.3, 0.4) is 0 Å². The van der Waals surface area contributed by atoms with Gasteiger partial charge in [0.25, 0.3) is 0 Å². The molecule has 0 spiro atoms. The van der Waals surface area contributed by atoms with Crippen molar-refractivity contribution in [2.24, 2.45) is 23.7 Å². The average molecular weight is 507 g/mol. The summed E-state index contributed by atoms with van der Waals surface area (Å²) in [5, 5.41) is 11.6. The van der Waals surface area contributed by atoms with Gasteiger partial charge >= 0.3 is 0 Å². The number of amides is 1. The zero-order valence-electron chi connectivity index (χ0n) is 21.0. The van der Waals surface area contributed by atoms with Crippen molar-refractivity contribution in [1.82, 2.24) is 9.80 Å². The fourth-order valence-electron chi connectivity index (χ4n) is 6.11. The second-order valence-corrected chi connectivity index (χ2v) is 10.7. The van der Waals surface area contributed by atoms with Gasteiger partial charge in [0.15, 0.2) is 0 Å². The smallest absolute Gasteiger partial charge is 0.227 e. The van der Waals surface area contributed by atoms with Gasteiger partial charge in [-0.25, -0.2) is 8.78 Å². The SMILES string of the molecule is CC(C)CN1C[C@@H](C(=O)N2C[C@@H](C)C(O)(c3ccccc3)[C@@H](C)C2)[C@H](c2ccc(F)cc2F)C1.Cl. The third-order valence-electron chi connectivity index (χ3n) is 7.74. The second kappa shape index (κ2) is 10.9. The molecular formula is C28H37ClF2N2O2. The van der Waals surface area contributed by atoms with Crippen LogP contribution in [0.5, 0.6) is 0 Å². The Morgan fingerprint density at radius 2 is 1.66 bits per heavy atom. The van der Waals surface area contributed by atoms with Gasteiger partial charge in [0, 0.05) is 56.5 Å². The number of rotatable bonds is 5. The normalized spacial score (nSPS) is 29.3. The molecular weight excluding hydrogens is 470 g/mol. The highest BCUT2D eigenvalue weighted by molar-refractivity contribution is 5.85. The summed E-state index contributed by atoms with van der Waals surface area (Å²) in [6, 6.07) is 13.3. The number of piperidine rings is 1. The van der Waals surface area contributed by atoms with Crippen LogP contribution in [0.1, 0.15) is 44.7 Å². The molecule has 1 unspecified atom stereocenters. The van der Waals surface area contributed by atoms with Crippen LogP contribution in [-0.4, -0.2) is 53.5 Å². The summed E-state index contributed by atoms with van der Waals surface area (Å²) in [7, 11) is 0. The van der Waals surface area contributed by atoms with Crippen LogP contribution in [-0.2, 0) is 10.4 Å². The Morgan fingerprint density at radius 3 is 2.23 bits per heavy atom. The third kappa shape index (κ3) is 5.40. The molecule has 0 radical (unpaired) electrons. The summed E-state index contributed by atoms with van der Waals surface area (Å²) in [4.78, 5) is 17.9. The van der Waals surface area contributed by atoms with Crippen molar-refractivity contribution >= 4 is 18.3 Å². The van der Waals surface area contributed by atoms with Gasteiger partial charge in [0.05, 0.1) is 11.5 Å². The maximum absolute atomic E-state index is 14.8. The largest absolute Gasteiger partial charge is 0.384 e. The van der Waals surface area contributed by atoms with E-state index in [9.17, 15) is 18.7 Å². The number of hydrogen-bond donors (Lipinski definition) is 1. The van der Waals surface area contributed by atoms with Gasteiger partial charge in [-0.1, -0.05) is 64.1 Å². The van der Waals surface area contributed by atoms with Crippen molar-refractivity contribution in [3.63, 3.8) is 0 Å². The van der Waals surface area contributed by atoms with Crippen molar-refractivity contribution in [2.45, 2.75) is 39.2 Å². The molecule has 2 fully saturated rings.